The van der Waals surface area contributed by atoms with Crippen molar-refractivity contribution in [3.63, 3.8) is 0 Å². The van der Waals surface area contributed by atoms with Crippen molar-refractivity contribution in [2.75, 3.05) is 42.1 Å². The van der Waals surface area contributed by atoms with Gasteiger partial charge in [-0.3, -0.25) is 14.6 Å². The lowest BCUT2D eigenvalue weighted by molar-refractivity contribution is -0.135. The van der Waals surface area contributed by atoms with Crippen LogP contribution in [-0.4, -0.2) is 62.5 Å². The Labute approximate surface area is 200 Å². The molecule has 2 aliphatic heterocycles. The molecule has 2 aliphatic rings. The Kier molecular flexibility index (Phi) is 5.95. The zero-order valence-corrected chi connectivity index (χ0v) is 19.2. The summed E-state index contributed by atoms with van der Waals surface area (Å²) in [6.07, 6.45) is 6.66. The number of nitrogens with two attached hydrogens (primary N) is 1. The van der Waals surface area contributed by atoms with Crippen molar-refractivity contribution in [3.05, 3.63) is 42.0 Å². The number of piperidine rings is 1. The molecule has 3 aromatic heterocycles. The molecule has 10 nitrogen and oxygen atoms in total. The molecule has 5 rings (SSSR count). The van der Waals surface area contributed by atoms with E-state index >= 15 is 0 Å². The van der Waals surface area contributed by atoms with E-state index in [0.29, 0.717) is 31.8 Å². The minimum absolute atomic E-state index is 0.0515. The van der Waals surface area contributed by atoms with Crippen molar-refractivity contribution in [2.24, 2.45) is 11.8 Å². The summed E-state index contributed by atoms with van der Waals surface area (Å²) >= 11 is 0. The highest BCUT2D eigenvalue weighted by Crippen LogP contribution is 2.33. The number of anilines is 3. The predicted molar refractivity (Wildman–Crippen MR) is 125 cm³/mol. The Hall–Kier alpha value is -3.83. The van der Waals surface area contributed by atoms with Gasteiger partial charge in [0.05, 0.1) is 30.5 Å². The molecule has 0 radical (unpaired) electrons. The minimum atomic E-state index is -0.668. The number of amides is 2. The number of carbonyl (C=O) groups is 2. The molecule has 2 fully saturated rings. The second kappa shape index (κ2) is 9.08. The zero-order valence-electron chi connectivity index (χ0n) is 19.2. The number of aromatic nitrogens is 4. The Balaban J connectivity index is 1.33. The van der Waals surface area contributed by atoms with Crippen molar-refractivity contribution in [3.8, 4) is 0 Å². The van der Waals surface area contributed by atoms with Crippen LogP contribution in [0, 0.1) is 23.5 Å². The molecule has 35 heavy (non-hydrogen) atoms. The molecule has 0 spiro atoms. The van der Waals surface area contributed by atoms with E-state index in [2.05, 4.69) is 27.3 Å². The van der Waals surface area contributed by atoms with Crippen LogP contribution in [0.1, 0.15) is 36.5 Å². The van der Waals surface area contributed by atoms with E-state index in [0.717, 1.165) is 42.6 Å². The fourth-order valence-corrected chi connectivity index (χ4v) is 4.92. The monoisotopic (exact) mass is 484 g/mol. The number of hydrogen-bond donors (Lipinski definition) is 2. The molecular formula is C23H26F2N8O2. The van der Waals surface area contributed by atoms with Gasteiger partial charge in [0.15, 0.2) is 23.1 Å². The zero-order chi connectivity index (χ0) is 24.7. The van der Waals surface area contributed by atoms with Gasteiger partial charge in [-0.1, -0.05) is 6.92 Å². The number of carbonyl (C=O) groups excluding carboxylic acids is 2. The number of pyridine rings is 1. The number of nitrogen functional groups attached to an aromatic ring is 1. The van der Waals surface area contributed by atoms with Gasteiger partial charge in [0.25, 0.3) is 5.91 Å². The number of rotatable bonds is 4. The predicted octanol–water partition coefficient (Wildman–Crippen LogP) is 2.32. The average Bonchev–Trinajstić information content (AvgIpc) is 3.40. The topological polar surface area (TPSA) is 122 Å². The van der Waals surface area contributed by atoms with Crippen molar-refractivity contribution in [1.29, 1.82) is 0 Å². The van der Waals surface area contributed by atoms with Crippen LogP contribution in [0.5, 0.6) is 0 Å². The summed E-state index contributed by atoms with van der Waals surface area (Å²) in [5.74, 6) is -1.43. The molecule has 2 amide bonds. The van der Waals surface area contributed by atoms with E-state index in [4.69, 9.17) is 5.73 Å². The quantitative estimate of drug-likeness (QED) is 0.583. The van der Waals surface area contributed by atoms with Crippen LogP contribution in [0.3, 0.4) is 0 Å². The number of hydrogen-bond acceptors (Lipinski definition) is 7. The first kappa shape index (κ1) is 22.9. The van der Waals surface area contributed by atoms with E-state index in [9.17, 15) is 18.4 Å². The SMILES string of the molecule is C[C@H]1CCN(C(=O)C2CCN(c3c(F)cncc3NC(=O)c3c(N)nn4cc(F)cnc34)CC2)C1. The largest absolute Gasteiger partial charge is 0.381 e. The molecule has 5 heterocycles. The second-order valence-electron chi connectivity index (χ2n) is 9.21. The van der Waals surface area contributed by atoms with Crippen LogP contribution in [0.2, 0.25) is 0 Å². The van der Waals surface area contributed by atoms with Crippen LogP contribution in [0.25, 0.3) is 5.65 Å². The van der Waals surface area contributed by atoms with Crippen LogP contribution in [0.15, 0.2) is 24.8 Å². The Bertz CT molecular complexity index is 1290. The van der Waals surface area contributed by atoms with Gasteiger partial charge in [0.1, 0.15) is 11.3 Å². The highest BCUT2D eigenvalue weighted by atomic mass is 19.1. The van der Waals surface area contributed by atoms with Gasteiger partial charge < -0.3 is 20.9 Å². The summed E-state index contributed by atoms with van der Waals surface area (Å²) < 4.78 is 29.5. The molecule has 2 saturated heterocycles. The molecule has 3 aromatic rings. The van der Waals surface area contributed by atoms with E-state index < -0.39 is 17.5 Å². The highest BCUT2D eigenvalue weighted by molar-refractivity contribution is 6.12. The van der Waals surface area contributed by atoms with Gasteiger partial charge in [-0.05, 0) is 25.2 Å². The maximum atomic E-state index is 14.9. The smallest absolute Gasteiger partial charge is 0.263 e. The van der Waals surface area contributed by atoms with E-state index in [1.807, 2.05) is 9.80 Å². The Morgan fingerprint density at radius 3 is 2.60 bits per heavy atom. The van der Waals surface area contributed by atoms with Crippen LogP contribution < -0.4 is 16.0 Å². The molecule has 184 valence electrons. The summed E-state index contributed by atoms with van der Waals surface area (Å²) in [7, 11) is 0. The third kappa shape index (κ3) is 4.35. The lowest BCUT2D eigenvalue weighted by Crippen LogP contribution is -2.42. The first-order chi connectivity index (χ1) is 16.8. The second-order valence-corrected chi connectivity index (χ2v) is 9.21. The normalized spacial score (nSPS) is 18.9. The third-order valence-electron chi connectivity index (χ3n) is 6.71. The highest BCUT2D eigenvalue weighted by Gasteiger charge is 2.33. The first-order valence-corrected chi connectivity index (χ1v) is 11.6. The van der Waals surface area contributed by atoms with Gasteiger partial charge in [-0.25, -0.2) is 18.3 Å². The Morgan fingerprint density at radius 2 is 1.89 bits per heavy atom. The molecule has 0 bridgehead atoms. The number of nitrogens with zero attached hydrogens (tertiary/aromatic N) is 6. The molecule has 0 unspecified atom stereocenters. The van der Waals surface area contributed by atoms with Crippen molar-refractivity contribution in [2.45, 2.75) is 26.2 Å². The van der Waals surface area contributed by atoms with Crippen LogP contribution in [0.4, 0.5) is 26.0 Å². The van der Waals surface area contributed by atoms with Crippen molar-refractivity contribution in [1.82, 2.24) is 24.5 Å². The van der Waals surface area contributed by atoms with Gasteiger partial charge in [-0.2, -0.15) is 0 Å². The van der Waals surface area contributed by atoms with Gasteiger partial charge in [0, 0.05) is 32.1 Å². The number of likely N-dealkylation sites (tertiary alicyclic amines) is 1. The summed E-state index contributed by atoms with van der Waals surface area (Å²) in [5.41, 5.74) is 6.26. The van der Waals surface area contributed by atoms with Crippen molar-refractivity contribution < 1.29 is 18.4 Å². The molecule has 12 heteroatoms. The molecular weight excluding hydrogens is 458 g/mol. The molecule has 0 saturated carbocycles. The summed E-state index contributed by atoms with van der Waals surface area (Å²) in [6.45, 7) is 4.66. The summed E-state index contributed by atoms with van der Waals surface area (Å²) in [4.78, 5) is 37.5. The van der Waals surface area contributed by atoms with Gasteiger partial charge >= 0.3 is 0 Å². The minimum Gasteiger partial charge on any atom is -0.381 e. The maximum absolute atomic E-state index is 14.9. The number of fused-ring (bicyclic) bond motifs is 1. The van der Waals surface area contributed by atoms with E-state index in [-0.39, 0.29) is 40.2 Å². The summed E-state index contributed by atoms with van der Waals surface area (Å²) in [5, 5.41) is 6.58. The molecule has 1 atom stereocenters. The molecule has 3 N–H and O–H groups in total. The van der Waals surface area contributed by atoms with Crippen LogP contribution in [-0.2, 0) is 4.79 Å². The lowest BCUT2D eigenvalue weighted by atomic mass is 9.95. The first-order valence-electron chi connectivity index (χ1n) is 11.6. The van der Waals surface area contributed by atoms with Crippen LogP contribution >= 0.6 is 0 Å². The number of nitrogens with one attached hydrogen (secondary N) is 1. The van der Waals surface area contributed by atoms with E-state index in [1.54, 1.807) is 0 Å². The standard InChI is InChI=1S/C23H26F2N8O2/c1-13-2-5-32(11-13)23(35)14-3-6-31(7-4-14)19-16(25)9-27-10-17(19)29-22(34)18-20(26)30-33-12-15(24)8-28-21(18)33/h8-10,12-14H,2-7,11H2,1H3,(H2,26,30)(H,29,34)/t13-/m0/s1. The third-order valence-corrected chi connectivity index (χ3v) is 6.71. The van der Waals surface area contributed by atoms with Gasteiger partial charge in [-0.15, -0.1) is 5.10 Å². The van der Waals surface area contributed by atoms with Crippen molar-refractivity contribution >= 4 is 34.7 Å². The molecule has 0 aliphatic carbocycles. The average molecular weight is 485 g/mol. The van der Waals surface area contributed by atoms with Gasteiger partial charge in [0.2, 0.25) is 5.91 Å². The summed E-state index contributed by atoms with van der Waals surface area (Å²) in [6, 6.07) is 0. The fourth-order valence-electron chi connectivity index (χ4n) is 4.92. The van der Waals surface area contributed by atoms with E-state index in [1.165, 1.54) is 6.20 Å². The molecule has 0 aromatic carbocycles. The number of halogens is 2. The maximum Gasteiger partial charge on any atom is 0.263 e. The fraction of sp³-hybridized carbons (Fsp3) is 0.435. The lowest BCUT2D eigenvalue weighted by Gasteiger charge is -2.35. The Morgan fingerprint density at radius 1 is 1.11 bits per heavy atom.